The monoisotopic (exact) mass is 356 g/mol. The Morgan fingerprint density at radius 1 is 1.04 bits per heavy atom. The van der Waals surface area contributed by atoms with E-state index in [4.69, 9.17) is 0 Å². The van der Waals surface area contributed by atoms with Crippen molar-refractivity contribution >= 4 is 11.6 Å². The third-order valence-electron chi connectivity index (χ3n) is 3.81. The van der Waals surface area contributed by atoms with Gasteiger partial charge in [-0.2, -0.15) is 0 Å². The lowest BCUT2D eigenvalue weighted by molar-refractivity contribution is 0.102. The first-order chi connectivity index (χ1) is 12.4. The van der Waals surface area contributed by atoms with Crippen LogP contribution in [0.15, 0.2) is 59.4 Å². The van der Waals surface area contributed by atoms with Crippen molar-refractivity contribution in [2.24, 2.45) is 0 Å². The van der Waals surface area contributed by atoms with Gasteiger partial charge in [0.1, 0.15) is 11.4 Å². The molecule has 2 aromatic carbocycles. The van der Waals surface area contributed by atoms with Gasteiger partial charge in [-0.05, 0) is 55.5 Å². The van der Waals surface area contributed by atoms with Gasteiger partial charge in [0.15, 0.2) is 11.6 Å². The van der Waals surface area contributed by atoms with Crippen molar-refractivity contribution in [2.75, 3.05) is 5.32 Å². The van der Waals surface area contributed by atoms with Gasteiger partial charge < -0.3 is 10.4 Å². The number of halogens is 2. The summed E-state index contributed by atoms with van der Waals surface area (Å²) >= 11 is 0. The van der Waals surface area contributed by atoms with Crippen LogP contribution in [0.3, 0.4) is 0 Å². The molecule has 0 saturated heterocycles. The highest BCUT2D eigenvalue weighted by atomic mass is 19.1. The van der Waals surface area contributed by atoms with Crippen LogP contribution in [0.25, 0.3) is 5.69 Å². The van der Waals surface area contributed by atoms with Crippen LogP contribution in [0.4, 0.5) is 14.5 Å². The summed E-state index contributed by atoms with van der Waals surface area (Å²) < 4.78 is 27.8. The summed E-state index contributed by atoms with van der Waals surface area (Å²) in [6.07, 6.45) is 0. The average Bonchev–Trinajstić information content (AvgIpc) is 2.60. The Kier molecular flexibility index (Phi) is 4.53. The van der Waals surface area contributed by atoms with E-state index < -0.39 is 28.9 Å². The number of benzene rings is 2. The predicted octanol–water partition coefficient (Wildman–Crippen LogP) is 3.38. The number of amides is 1. The van der Waals surface area contributed by atoms with Crippen molar-refractivity contribution in [1.29, 1.82) is 0 Å². The molecule has 1 heterocycles. The Bertz CT molecular complexity index is 1040. The zero-order valence-corrected chi connectivity index (χ0v) is 13.7. The summed E-state index contributed by atoms with van der Waals surface area (Å²) in [5.74, 6) is -2.61. The van der Waals surface area contributed by atoms with Crippen molar-refractivity contribution in [1.82, 2.24) is 4.57 Å². The minimum atomic E-state index is -0.893. The number of nitrogens with zero attached hydrogens (tertiary/aromatic N) is 1. The van der Waals surface area contributed by atoms with Gasteiger partial charge in [0.05, 0.1) is 0 Å². The number of aryl methyl sites for hydroxylation is 1. The number of aromatic hydroxyl groups is 1. The van der Waals surface area contributed by atoms with E-state index >= 15 is 0 Å². The van der Waals surface area contributed by atoms with Gasteiger partial charge in [0.2, 0.25) is 0 Å². The minimum absolute atomic E-state index is 0.0959. The number of aromatic nitrogens is 1. The number of rotatable bonds is 3. The summed E-state index contributed by atoms with van der Waals surface area (Å²) in [5.41, 5.74) is 0.327. The molecule has 0 radical (unpaired) electrons. The Morgan fingerprint density at radius 3 is 2.38 bits per heavy atom. The highest BCUT2D eigenvalue weighted by Crippen LogP contribution is 2.20. The summed E-state index contributed by atoms with van der Waals surface area (Å²) in [5, 5.41) is 11.6. The number of pyridine rings is 1. The van der Waals surface area contributed by atoms with Crippen molar-refractivity contribution in [3.63, 3.8) is 0 Å². The molecule has 0 bridgehead atoms. The largest absolute Gasteiger partial charge is 0.505 e. The van der Waals surface area contributed by atoms with E-state index in [1.807, 2.05) is 0 Å². The molecule has 26 heavy (non-hydrogen) atoms. The molecule has 0 atom stereocenters. The van der Waals surface area contributed by atoms with Crippen molar-refractivity contribution in [2.45, 2.75) is 6.92 Å². The quantitative estimate of drug-likeness (QED) is 0.707. The van der Waals surface area contributed by atoms with Crippen molar-refractivity contribution < 1.29 is 18.7 Å². The van der Waals surface area contributed by atoms with Gasteiger partial charge in [0.25, 0.3) is 11.5 Å². The molecular weight excluding hydrogens is 342 g/mol. The molecule has 3 aromatic rings. The van der Waals surface area contributed by atoms with Gasteiger partial charge in [-0.1, -0.05) is 0 Å². The zero-order valence-electron chi connectivity index (χ0n) is 13.7. The number of hydrogen-bond donors (Lipinski definition) is 2. The van der Waals surface area contributed by atoms with Crippen LogP contribution in [-0.2, 0) is 0 Å². The SMILES string of the molecule is Cc1ccc(C(=O)Nc2ccc(O)c(F)c2)c(=O)n1-c1ccc(F)cc1. The van der Waals surface area contributed by atoms with Crippen LogP contribution in [0.1, 0.15) is 16.1 Å². The summed E-state index contributed by atoms with van der Waals surface area (Å²) in [7, 11) is 0. The third-order valence-corrected chi connectivity index (χ3v) is 3.81. The molecule has 3 rings (SSSR count). The van der Waals surface area contributed by atoms with Crippen molar-refractivity contribution in [3.8, 4) is 11.4 Å². The van der Waals surface area contributed by atoms with E-state index in [1.54, 1.807) is 13.0 Å². The number of nitrogens with one attached hydrogen (secondary N) is 1. The average molecular weight is 356 g/mol. The Hall–Kier alpha value is -3.48. The highest BCUT2D eigenvalue weighted by molar-refractivity contribution is 6.04. The van der Waals surface area contributed by atoms with Crippen LogP contribution in [0, 0.1) is 18.6 Å². The fraction of sp³-hybridized carbons (Fsp3) is 0.0526. The number of phenols is 1. The molecule has 2 N–H and O–H groups in total. The second-order valence-corrected chi connectivity index (χ2v) is 5.63. The number of phenolic OH excluding ortho intramolecular Hbond substituents is 1. The van der Waals surface area contributed by atoms with Gasteiger partial charge in [0, 0.05) is 23.1 Å². The first kappa shape index (κ1) is 17.3. The number of hydrogen-bond acceptors (Lipinski definition) is 3. The zero-order chi connectivity index (χ0) is 18.8. The summed E-state index contributed by atoms with van der Waals surface area (Å²) in [4.78, 5) is 25.1. The molecule has 7 heteroatoms. The Balaban J connectivity index is 1.99. The molecule has 0 spiro atoms. The number of carbonyl (C=O) groups excluding carboxylic acids is 1. The van der Waals surface area contributed by atoms with Crippen LogP contribution in [0.5, 0.6) is 5.75 Å². The van der Waals surface area contributed by atoms with E-state index in [-0.39, 0.29) is 11.3 Å². The number of carbonyl (C=O) groups is 1. The fourth-order valence-electron chi connectivity index (χ4n) is 2.50. The molecule has 0 aliphatic carbocycles. The van der Waals surface area contributed by atoms with Gasteiger partial charge in [-0.3, -0.25) is 14.2 Å². The molecule has 132 valence electrons. The molecule has 0 aliphatic rings. The third kappa shape index (κ3) is 3.32. The summed E-state index contributed by atoms with van der Waals surface area (Å²) in [6, 6.07) is 11.6. The molecule has 0 saturated carbocycles. The molecule has 1 aromatic heterocycles. The van der Waals surface area contributed by atoms with Crippen molar-refractivity contribution in [3.05, 3.63) is 87.8 Å². The Labute approximate surface area is 147 Å². The van der Waals surface area contributed by atoms with Gasteiger partial charge in [-0.15, -0.1) is 0 Å². The molecular formula is C19H14F2N2O3. The highest BCUT2D eigenvalue weighted by Gasteiger charge is 2.16. The minimum Gasteiger partial charge on any atom is -0.505 e. The van der Waals surface area contributed by atoms with Gasteiger partial charge >= 0.3 is 0 Å². The molecule has 1 amide bonds. The molecule has 5 nitrogen and oxygen atoms in total. The van der Waals surface area contributed by atoms with Crippen LogP contribution in [-0.4, -0.2) is 15.6 Å². The second kappa shape index (κ2) is 6.79. The lowest BCUT2D eigenvalue weighted by atomic mass is 10.2. The van der Waals surface area contributed by atoms with E-state index in [9.17, 15) is 23.5 Å². The lowest BCUT2D eigenvalue weighted by Gasteiger charge is -2.12. The van der Waals surface area contributed by atoms with Crippen LogP contribution >= 0.6 is 0 Å². The molecule has 0 aliphatic heterocycles. The first-order valence-electron chi connectivity index (χ1n) is 7.65. The fourth-order valence-corrected chi connectivity index (χ4v) is 2.50. The van der Waals surface area contributed by atoms with Crippen LogP contribution in [0.2, 0.25) is 0 Å². The predicted molar refractivity (Wildman–Crippen MR) is 92.8 cm³/mol. The maximum absolute atomic E-state index is 13.4. The maximum Gasteiger partial charge on any atom is 0.268 e. The topological polar surface area (TPSA) is 71.3 Å². The Morgan fingerprint density at radius 2 is 1.73 bits per heavy atom. The van der Waals surface area contributed by atoms with E-state index in [0.717, 1.165) is 12.1 Å². The number of anilines is 1. The standard InChI is InChI=1S/C19H14F2N2O3/c1-11-2-8-15(18(25)22-13-5-9-17(24)16(21)10-13)19(26)23(11)14-6-3-12(20)4-7-14/h2-10,24H,1H3,(H,22,25). The van der Waals surface area contributed by atoms with Gasteiger partial charge in [-0.25, -0.2) is 8.78 Å². The van der Waals surface area contributed by atoms with E-state index in [2.05, 4.69) is 5.32 Å². The maximum atomic E-state index is 13.4. The van der Waals surface area contributed by atoms with E-state index in [1.165, 1.54) is 41.0 Å². The van der Waals surface area contributed by atoms with Crippen LogP contribution < -0.4 is 10.9 Å². The smallest absolute Gasteiger partial charge is 0.268 e. The summed E-state index contributed by atoms with van der Waals surface area (Å²) in [6.45, 7) is 1.68. The molecule has 0 unspecified atom stereocenters. The molecule has 0 fully saturated rings. The first-order valence-corrected chi connectivity index (χ1v) is 7.65. The second-order valence-electron chi connectivity index (χ2n) is 5.63. The van der Waals surface area contributed by atoms with E-state index in [0.29, 0.717) is 11.4 Å². The normalized spacial score (nSPS) is 10.6. The lowest BCUT2D eigenvalue weighted by Crippen LogP contribution is -2.29.